The zero-order valence-electron chi connectivity index (χ0n) is 9.23. The Kier molecular flexibility index (Phi) is 4.72. The third kappa shape index (κ3) is 4.20. The van der Waals surface area contributed by atoms with Gasteiger partial charge in [-0.1, -0.05) is 11.6 Å². The zero-order chi connectivity index (χ0) is 13.0. The Morgan fingerprint density at radius 1 is 1.59 bits per heavy atom. The molecule has 94 valence electrons. The summed E-state index contributed by atoms with van der Waals surface area (Å²) in [5.74, 6) is -1.59. The Labute approximate surface area is 103 Å². The fraction of sp³-hybridized carbons (Fsp3) is 0.364. The van der Waals surface area contributed by atoms with Crippen LogP contribution in [0.3, 0.4) is 0 Å². The van der Waals surface area contributed by atoms with Gasteiger partial charge in [-0.2, -0.15) is 0 Å². The number of halogens is 2. The van der Waals surface area contributed by atoms with E-state index in [2.05, 4.69) is 0 Å². The van der Waals surface area contributed by atoms with E-state index >= 15 is 0 Å². The summed E-state index contributed by atoms with van der Waals surface area (Å²) in [4.78, 5) is 12.0. The molecule has 0 aliphatic heterocycles. The maximum Gasteiger partial charge on any atom is 0.306 e. The first-order valence-corrected chi connectivity index (χ1v) is 5.34. The Morgan fingerprint density at radius 3 is 2.76 bits per heavy atom. The van der Waals surface area contributed by atoms with Gasteiger partial charge in [0.2, 0.25) is 0 Å². The molecule has 0 aliphatic carbocycles. The number of benzene rings is 1. The number of rotatable bonds is 5. The molecule has 1 unspecified atom stereocenters. The summed E-state index contributed by atoms with van der Waals surface area (Å²) in [7, 11) is 1.66. The normalized spacial score (nSPS) is 12.2. The van der Waals surface area contributed by atoms with Gasteiger partial charge >= 0.3 is 5.97 Å². The van der Waals surface area contributed by atoms with Crippen molar-refractivity contribution in [2.24, 2.45) is 0 Å². The number of carboxylic acids is 1. The minimum atomic E-state index is -1.07. The van der Waals surface area contributed by atoms with E-state index < -0.39 is 17.9 Å². The molecule has 0 saturated heterocycles. The lowest BCUT2D eigenvalue weighted by atomic mass is 10.2. The van der Waals surface area contributed by atoms with Crippen molar-refractivity contribution in [2.45, 2.75) is 12.5 Å². The molecule has 0 fully saturated rings. The van der Waals surface area contributed by atoms with Crippen LogP contribution in [0.25, 0.3) is 0 Å². The van der Waals surface area contributed by atoms with E-state index in [9.17, 15) is 14.3 Å². The van der Waals surface area contributed by atoms with E-state index in [4.69, 9.17) is 16.7 Å². The second-order valence-corrected chi connectivity index (χ2v) is 4.14. The summed E-state index contributed by atoms with van der Waals surface area (Å²) < 4.78 is 12.9. The number of anilines is 1. The van der Waals surface area contributed by atoms with Gasteiger partial charge in [0.25, 0.3) is 0 Å². The number of aliphatic hydroxyl groups is 1. The predicted octanol–water partition coefficient (Wildman–Crippen LogP) is 1.75. The van der Waals surface area contributed by atoms with Gasteiger partial charge < -0.3 is 15.1 Å². The molecule has 0 amide bonds. The number of hydrogen-bond acceptors (Lipinski definition) is 3. The molecule has 17 heavy (non-hydrogen) atoms. The molecule has 0 bridgehead atoms. The molecule has 1 atom stereocenters. The lowest BCUT2D eigenvalue weighted by Gasteiger charge is -2.22. The van der Waals surface area contributed by atoms with E-state index in [0.29, 0.717) is 5.69 Å². The maximum atomic E-state index is 12.9. The Bertz CT molecular complexity index is 414. The van der Waals surface area contributed by atoms with Gasteiger partial charge in [-0.3, -0.25) is 4.79 Å². The molecule has 0 radical (unpaired) electrons. The summed E-state index contributed by atoms with van der Waals surface area (Å²) in [5, 5.41) is 17.9. The number of aliphatic hydroxyl groups excluding tert-OH is 1. The van der Waals surface area contributed by atoms with Crippen LogP contribution in [0.4, 0.5) is 10.1 Å². The fourth-order valence-electron chi connectivity index (χ4n) is 1.41. The van der Waals surface area contributed by atoms with Crippen LogP contribution >= 0.6 is 11.6 Å². The van der Waals surface area contributed by atoms with Gasteiger partial charge in [0.05, 0.1) is 17.5 Å². The smallest absolute Gasteiger partial charge is 0.306 e. The molecule has 1 aromatic carbocycles. The van der Waals surface area contributed by atoms with E-state index in [-0.39, 0.29) is 18.0 Å². The number of aliphatic carboxylic acids is 1. The van der Waals surface area contributed by atoms with E-state index in [1.165, 1.54) is 18.2 Å². The van der Waals surface area contributed by atoms with Crippen LogP contribution in [0, 0.1) is 5.82 Å². The first-order chi connectivity index (χ1) is 7.90. The fourth-order valence-corrected chi connectivity index (χ4v) is 1.58. The number of nitrogens with zero attached hydrogens (tertiary/aromatic N) is 1. The summed E-state index contributed by atoms with van der Waals surface area (Å²) >= 11 is 5.62. The summed E-state index contributed by atoms with van der Waals surface area (Å²) in [5.41, 5.74) is 0.612. The second kappa shape index (κ2) is 5.84. The predicted molar refractivity (Wildman–Crippen MR) is 62.9 cm³/mol. The van der Waals surface area contributed by atoms with Crippen LogP contribution in [0.1, 0.15) is 6.42 Å². The number of carbonyl (C=O) groups is 1. The molecular formula is C11H13ClFNO3. The van der Waals surface area contributed by atoms with Crippen molar-refractivity contribution < 1.29 is 19.4 Å². The first kappa shape index (κ1) is 13.7. The monoisotopic (exact) mass is 261 g/mol. The van der Waals surface area contributed by atoms with Crippen LogP contribution in [0.2, 0.25) is 5.02 Å². The van der Waals surface area contributed by atoms with E-state index in [1.54, 1.807) is 11.9 Å². The average molecular weight is 262 g/mol. The number of carboxylic acid groups (broad SMARTS) is 1. The number of hydrogen-bond donors (Lipinski definition) is 2. The van der Waals surface area contributed by atoms with Crippen LogP contribution in [0.15, 0.2) is 18.2 Å². The van der Waals surface area contributed by atoms with Crippen molar-refractivity contribution in [3.05, 3.63) is 29.0 Å². The van der Waals surface area contributed by atoms with Crippen molar-refractivity contribution in [3.8, 4) is 0 Å². The third-order valence-corrected chi connectivity index (χ3v) is 2.53. The highest BCUT2D eigenvalue weighted by atomic mass is 35.5. The van der Waals surface area contributed by atoms with Gasteiger partial charge in [-0.25, -0.2) is 4.39 Å². The highest BCUT2D eigenvalue weighted by Crippen LogP contribution is 2.22. The van der Waals surface area contributed by atoms with Gasteiger partial charge in [0.1, 0.15) is 5.82 Å². The Morgan fingerprint density at radius 2 is 2.24 bits per heavy atom. The standard InChI is InChI=1S/C11H13ClFNO3/c1-14(6-8(15)5-11(16)17)7-2-3-10(13)9(12)4-7/h2-4,8,15H,5-6H2,1H3,(H,16,17). The van der Waals surface area contributed by atoms with Crippen molar-refractivity contribution in [2.75, 3.05) is 18.5 Å². The molecule has 2 N–H and O–H groups in total. The molecule has 0 heterocycles. The quantitative estimate of drug-likeness (QED) is 0.848. The Balaban J connectivity index is 2.66. The van der Waals surface area contributed by atoms with Gasteiger partial charge in [0, 0.05) is 19.3 Å². The largest absolute Gasteiger partial charge is 0.481 e. The van der Waals surface area contributed by atoms with Gasteiger partial charge in [0.15, 0.2) is 0 Å². The van der Waals surface area contributed by atoms with Gasteiger partial charge in [-0.15, -0.1) is 0 Å². The minimum absolute atomic E-state index is 0.0120. The second-order valence-electron chi connectivity index (χ2n) is 3.73. The summed E-state index contributed by atoms with van der Waals surface area (Å²) in [6, 6.07) is 4.15. The molecule has 4 nitrogen and oxygen atoms in total. The molecule has 0 saturated carbocycles. The minimum Gasteiger partial charge on any atom is -0.481 e. The number of likely N-dealkylation sites (N-methyl/N-ethyl adjacent to an activating group) is 1. The maximum absolute atomic E-state index is 12.9. The van der Waals surface area contributed by atoms with Crippen molar-refractivity contribution in [3.63, 3.8) is 0 Å². The third-order valence-electron chi connectivity index (χ3n) is 2.24. The summed E-state index contributed by atoms with van der Waals surface area (Å²) in [6.45, 7) is 0.133. The first-order valence-electron chi connectivity index (χ1n) is 4.96. The zero-order valence-corrected chi connectivity index (χ0v) is 9.99. The van der Waals surface area contributed by atoms with Crippen molar-refractivity contribution in [1.82, 2.24) is 0 Å². The highest BCUT2D eigenvalue weighted by molar-refractivity contribution is 6.31. The molecule has 0 spiro atoms. The topological polar surface area (TPSA) is 60.8 Å². The lowest BCUT2D eigenvalue weighted by Crippen LogP contribution is -2.30. The molecular weight excluding hydrogens is 249 g/mol. The van der Waals surface area contributed by atoms with Crippen LogP contribution < -0.4 is 4.90 Å². The van der Waals surface area contributed by atoms with E-state index in [1.807, 2.05) is 0 Å². The Hall–Kier alpha value is -1.33. The summed E-state index contributed by atoms with van der Waals surface area (Å²) in [6.07, 6.45) is -1.32. The van der Waals surface area contributed by atoms with Gasteiger partial charge in [-0.05, 0) is 18.2 Å². The average Bonchev–Trinajstić information content (AvgIpc) is 2.20. The molecule has 1 rings (SSSR count). The van der Waals surface area contributed by atoms with Crippen molar-refractivity contribution >= 4 is 23.3 Å². The lowest BCUT2D eigenvalue weighted by molar-refractivity contribution is -0.139. The highest BCUT2D eigenvalue weighted by Gasteiger charge is 2.13. The van der Waals surface area contributed by atoms with Crippen LogP contribution in [-0.2, 0) is 4.79 Å². The van der Waals surface area contributed by atoms with Crippen LogP contribution in [-0.4, -0.2) is 35.9 Å². The van der Waals surface area contributed by atoms with Crippen LogP contribution in [0.5, 0.6) is 0 Å². The molecule has 0 aromatic heterocycles. The van der Waals surface area contributed by atoms with Crippen molar-refractivity contribution in [1.29, 1.82) is 0 Å². The molecule has 1 aromatic rings. The SMILES string of the molecule is CN(CC(O)CC(=O)O)c1ccc(F)c(Cl)c1. The molecule has 6 heteroatoms. The molecule has 0 aliphatic rings. The van der Waals surface area contributed by atoms with E-state index in [0.717, 1.165) is 0 Å².